The standard InChI is InChI=1S/C29H31FINO3/c1-19-4-9-22(33)16-25(19)28-26(31)14-15-27(29(28)30)32(17-20-5-10-23(34-2)11-6-20)18-21-7-12-24(35-3)13-8-21/h5-8,10-15,19,25H,4,9,16-18H2,1-3H3. The van der Waals surface area contributed by atoms with E-state index in [0.29, 0.717) is 37.2 Å². The summed E-state index contributed by atoms with van der Waals surface area (Å²) in [4.78, 5) is 14.3. The molecule has 3 aromatic carbocycles. The molecular weight excluding hydrogens is 556 g/mol. The molecule has 184 valence electrons. The van der Waals surface area contributed by atoms with Crippen molar-refractivity contribution in [3.05, 3.63) is 86.7 Å². The molecule has 1 saturated carbocycles. The lowest BCUT2D eigenvalue weighted by molar-refractivity contribution is -0.121. The number of rotatable bonds is 8. The summed E-state index contributed by atoms with van der Waals surface area (Å²) in [6.45, 7) is 3.20. The first-order valence-electron chi connectivity index (χ1n) is 11.9. The SMILES string of the molecule is COc1ccc(CN(Cc2ccc(OC)cc2)c2ccc(I)c(C3CC(=O)CCC3C)c2F)cc1. The van der Waals surface area contributed by atoms with E-state index in [-0.39, 0.29) is 23.4 Å². The number of halogens is 2. The molecule has 0 heterocycles. The Morgan fingerprint density at radius 3 is 1.97 bits per heavy atom. The monoisotopic (exact) mass is 587 g/mol. The molecule has 2 unspecified atom stereocenters. The van der Waals surface area contributed by atoms with Crippen LogP contribution < -0.4 is 14.4 Å². The lowest BCUT2D eigenvalue weighted by atomic mass is 9.75. The molecule has 35 heavy (non-hydrogen) atoms. The Labute approximate surface area is 220 Å². The number of hydrogen-bond acceptors (Lipinski definition) is 4. The van der Waals surface area contributed by atoms with E-state index in [4.69, 9.17) is 9.47 Å². The van der Waals surface area contributed by atoms with Crippen molar-refractivity contribution in [2.45, 2.75) is 45.2 Å². The van der Waals surface area contributed by atoms with E-state index in [9.17, 15) is 4.79 Å². The molecule has 2 atom stereocenters. The van der Waals surface area contributed by atoms with Gasteiger partial charge in [0, 0.05) is 35.1 Å². The largest absolute Gasteiger partial charge is 0.497 e. The molecule has 0 saturated heterocycles. The van der Waals surface area contributed by atoms with Gasteiger partial charge in [0.25, 0.3) is 0 Å². The van der Waals surface area contributed by atoms with Gasteiger partial charge < -0.3 is 14.4 Å². The van der Waals surface area contributed by atoms with E-state index in [1.807, 2.05) is 60.7 Å². The highest BCUT2D eigenvalue weighted by molar-refractivity contribution is 14.1. The molecule has 0 aromatic heterocycles. The molecule has 1 fully saturated rings. The summed E-state index contributed by atoms with van der Waals surface area (Å²) >= 11 is 2.21. The van der Waals surface area contributed by atoms with Gasteiger partial charge in [-0.25, -0.2) is 4.39 Å². The van der Waals surface area contributed by atoms with Gasteiger partial charge in [-0.2, -0.15) is 0 Å². The van der Waals surface area contributed by atoms with Crippen molar-refractivity contribution in [2.24, 2.45) is 5.92 Å². The Morgan fingerprint density at radius 1 is 0.914 bits per heavy atom. The summed E-state index contributed by atoms with van der Waals surface area (Å²) in [6, 6.07) is 19.6. The fourth-order valence-electron chi connectivity index (χ4n) is 4.80. The van der Waals surface area contributed by atoms with Crippen molar-refractivity contribution in [1.82, 2.24) is 0 Å². The van der Waals surface area contributed by atoms with Crippen LogP contribution in [0.5, 0.6) is 11.5 Å². The third kappa shape index (κ3) is 5.97. The van der Waals surface area contributed by atoms with E-state index in [1.165, 1.54) is 0 Å². The smallest absolute Gasteiger partial charge is 0.151 e. The van der Waals surface area contributed by atoms with Gasteiger partial charge in [0.1, 0.15) is 17.3 Å². The number of benzene rings is 3. The van der Waals surface area contributed by atoms with Gasteiger partial charge in [-0.05, 0) is 88.4 Å². The molecule has 4 rings (SSSR count). The first-order valence-corrected chi connectivity index (χ1v) is 13.0. The van der Waals surface area contributed by atoms with E-state index in [2.05, 4.69) is 34.4 Å². The second kappa shape index (κ2) is 11.4. The molecule has 4 nitrogen and oxygen atoms in total. The van der Waals surface area contributed by atoms with Crippen LogP contribution in [-0.2, 0) is 17.9 Å². The van der Waals surface area contributed by atoms with Crippen LogP contribution >= 0.6 is 22.6 Å². The van der Waals surface area contributed by atoms with E-state index in [1.54, 1.807) is 14.2 Å². The van der Waals surface area contributed by atoms with Gasteiger partial charge in [-0.3, -0.25) is 4.79 Å². The van der Waals surface area contributed by atoms with E-state index < -0.39 is 0 Å². The zero-order valence-electron chi connectivity index (χ0n) is 20.4. The molecular formula is C29H31FINO3. The van der Waals surface area contributed by atoms with Crippen LogP contribution in [-0.4, -0.2) is 20.0 Å². The minimum Gasteiger partial charge on any atom is -0.497 e. The Morgan fingerprint density at radius 2 is 1.46 bits per heavy atom. The summed E-state index contributed by atoms with van der Waals surface area (Å²) in [7, 11) is 3.29. The second-order valence-corrected chi connectivity index (χ2v) is 10.4. The first-order chi connectivity index (χ1) is 16.9. The van der Waals surface area contributed by atoms with Crippen LogP contribution in [0.1, 0.15) is 48.8 Å². The molecule has 0 bridgehead atoms. The molecule has 1 aliphatic rings. The number of carbonyl (C=O) groups is 1. The predicted octanol–water partition coefficient (Wildman–Crippen LogP) is 7.13. The van der Waals surface area contributed by atoms with Crippen molar-refractivity contribution in [2.75, 3.05) is 19.1 Å². The highest BCUT2D eigenvalue weighted by Gasteiger charge is 2.32. The maximum atomic E-state index is 16.3. The summed E-state index contributed by atoms with van der Waals surface area (Å²) in [6.07, 6.45) is 1.82. The topological polar surface area (TPSA) is 38.8 Å². The molecule has 0 N–H and O–H groups in total. The molecule has 3 aromatic rings. The van der Waals surface area contributed by atoms with Crippen molar-refractivity contribution in [1.29, 1.82) is 0 Å². The van der Waals surface area contributed by atoms with Gasteiger partial charge in [-0.1, -0.05) is 31.2 Å². The van der Waals surface area contributed by atoms with Crippen LogP contribution in [0, 0.1) is 15.3 Å². The van der Waals surface area contributed by atoms with E-state index in [0.717, 1.165) is 32.6 Å². The average Bonchev–Trinajstić information content (AvgIpc) is 2.87. The quantitative estimate of drug-likeness (QED) is 0.263. The number of methoxy groups -OCH3 is 2. The van der Waals surface area contributed by atoms with Gasteiger partial charge in [-0.15, -0.1) is 0 Å². The zero-order valence-corrected chi connectivity index (χ0v) is 22.5. The maximum Gasteiger partial charge on any atom is 0.151 e. The number of Topliss-reactive ketones (excluding diaryl/α,β-unsaturated/α-hetero) is 1. The molecule has 1 aliphatic carbocycles. The number of ketones is 1. The Bertz CT molecular complexity index is 1110. The molecule has 0 spiro atoms. The Balaban J connectivity index is 1.72. The second-order valence-electron chi connectivity index (χ2n) is 9.21. The summed E-state index contributed by atoms with van der Waals surface area (Å²) in [5.41, 5.74) is 3.34. The van der Waals surface area contributed by atoms with E-state index >= 15 is 4.39 Å². The highest BCUT2D eigenvalue weighted by atomic mass is 127. The molecule has 0 aliphatic heterocycles. The summed E-state index contributed by atoms with van der Waals surface area (Å²) in [5, 5.41) is 0. The minimum atomic E-state index is -0.217. The Kier molecular flexibility index (Phi) is 8.31. The van der Waals surface area contributed by atoms with Crippen LogP contribution in [0.15, 0.2) is 60.7 Å². The third-order valence-corrected chi connectivity index (χ3v) is 7.84. The molecule has 0 radical (unpaired) electrons. The fraction of sp³-hybridized carbons (Fsp3) is 0.345. The fourth-order valence-corrected chi connectivity index (χ4v) is 5.61. The summed E-state index contributed by atoms with van der Waals surface area (Å²) < 4.78 is 27.8. The number of hydrogen-bond donors (Lipinski definition) is 0. The number of nitrogens with zero attached hydrogens (tertiary/aromatic N) is 1. The number of carbonyl (C=O) groups excluding carboxylic acids is 1. The van der Waals surface area contributed by atoms with Crippen molar-refractivity contribution >= 4 is 34.1 Å². The summed E-state index contributed by atoms with van der Waals surface area (Å²) in [5.74, 6) is 1.75. The normalized spacial score (nSPS) is 17.8. The first kappa shape index (κ1) is 25.5. The highest BCUT2D eigenvalue weighted by Crippen LogP contribution is 2.42. The van der Waals surface area contributed by atoms with Crippen molar-refractivity contribution in [3.8, 4) is 11.5 Å². The van der Waals surface area contributed by atoms with Crippen LogP contribution in [0.2, 0.25) is 0 Å². The molecule has 0 amide bonds. The maximum absolute atomic E-state index is 16.3. The van der Waals surface area contributed by atoms with Crippen LogP contribution in [0.25, 0.3) is 0 Å². The Hall–Kier alpha value is -2.61. The van der Waals surface area contributed by atoms with Crippen molar-refractivity contribution < 1.29 is 18.7 Å². The zero-order chi connectivity index (χ0) is 24.9. The average molecular weight is 587 g/mol. The lowest BCUT2D eigenvalue weighted by Gasteiger charge is -2.32. The number of anilines is 1. The predicted molar refractivity (Wildman–Crippen MR) is 146 cm³/mol. The van der Waals surface area contributed by atoms with Crippen molar-refractivity contribution in [3.63, 3.8) is 0 Å². The minimum absolute atomic E-state index is 0.0908. The van der Waals surface area contributed by atoms with Crippen LogP contribution in [0.4, 0.5) is 10.1 Å². The van der Waals surface area contributed by atoms with Gasteiger partial charge in [0.2, 0.25) is 0 Å². The van der Waals surface area contributed by atoms with Gasteiger partial charge in [0.05, 0.1) is 19.9 Å². The molecule has 6 heteroatoms. The van der Waals surface area contributed by atoms with Crippen LogP contribution in [0.3, 0.4) is 0 Å². The lowest BCUT2D eigenvalue weighted by Crippen LogP contribution is -2.26. The van der Waals surface area contributed by atoms with Gasteiger partial charge in [0.15, 0.2) is 5.82 Å². The number of ether oxygens (including phenoxy) is 2. The van der Waals surface area contributed by atoms with Gasteiger partial charge >= 0.3 is 0 Å². The third-order valence-electron chi connectivity index (χ3n) is 6.90.